The Morgan fingerprint density at radius 2 is 1.95 bits per heavy atom. The highest BCUT2D eigenvalue weighted by Crippen LogP contribution is 2.47. The third-order valence-corrected chi connectivity index (χ3v) is 3.97. The van der Waals surface area contributed by atoms with Crippen LogP contribution in [0.3, 0.4) is 0 Å². The number of carbonyl (C=O) groups is 1. The fourth-order valence-electron chi connectivity index (χ4n) is 1.97. The summed E-state index contributed by atoms with van der Waals surface area (Å²) >= 11 is 0. The lowest BCUT2D eigenvalue weighted by Crippen LogP contribution is -2.47. The number of hydrogen-bond donors (Lipinski definition) is 2. The van der Waals surface area contributed by atoms with E-state index in [1.165, 1.54) is 12.8 Å². The van der Waals surface area contributed by atoms with Crippen LogP contribution in [0.1, 0.15) is 60.8 Å². The fraction of sp³-hybridized carbons (Fsp3) is 0.933. The number of amides is 1. The zero-order valence-electron chi connectivity index (χ0n) is 13.3. The third kappa shape index (κ3) is 5.81. The summed E-state index contributed by atoms with van der Waals surface area (Å²) in [6.07, 6.45) is 3.18. The lowest BCUT2D eigenvalue weighted by Gasteiger charge is -2.26. The lowest BCUT2D eigenvalue weighted by molar-refractivity contribution is 0.0501. The van der Waals surface area contributed by atoms with E-state index in [0.717, 1.165) is 13.0 Å². The average molecular weight is 270 g/mol. The molecule has 4 heteroatoms. The van der Waals surface area contributed by atoms with E-state index in [0.29, 0.717) is 11.5 Å². The van der Waals surface area contributed by atoms with Gasteiger partial charge in [-0.15, -0.1) is 0 Å². The van der Waals surface area contributed by atoms with Crippen molar-refractivity contribution in [3.05, 3.63) is 0 Å². The van der Waals surface area contributed by atoms with Gasteiger partial charge in [0, 0.05) is 18.6 Å². The third-order valence-electron chi connectivity index (χ3n) is 3.97. The van der Waals surface area contributed by atoms with Gasteiger partial charge < -0.3 is 15.4 Å². The van der Waals surface area contributed by atoms with E-state index in [1.54, 1.807) is 0 Å². The van der Waals surface area contributed by atoms with E-state index < -0.39 is 5.60 Å². The van der Waals surface area contributed by atoms with E-state index in [9.17, 15) is 4.79 Å². The van der Waals surface area contributed by atoms with Gasteiger partial charge in [0.05, 0.1) is 0 Å². The summed E-state index contributed by atoms with van der Waals surface area (Å²) in [5.74, 6) is 0. The fourth-order valence-corrected chi connectivity index (χ4v) is 1.97. The molecule has 1 amide bonds. The van der Waals surface area contributed by atoms with Crippen molar-refractivity contribution in [2.75, 3.05) is 6.54 Å². The van der Waals surface area contributed by atoms with E-state index >= 15 is 0 Å². The minimum Gasteiger partial charge on any atom is -0.444 e. The zero-order chi connectivity index (χ0) is 14.7. The molecule has 0 aromatic rings. The topological polar surface area (TPSA) is 50.4 Å². The molecule has 1 rings (SSSR count). The summed E-state index contributed by atoms with van der Waals surface area (Å²) in [5.41, 5.74) is 0.0226. The largest absolute Gasteiger partial charge is 0.444 e. The average Bonchev–Trinajstić information content (AvgIpc) is 3.00. The van der Waals surface area contributed by atoms with Gasteiger partial charge in [-0.2, -0.15) is 0 Å². The first-order chi connectivity index (χ1) is 8.66. The predicted molar refractivity (Wildman–Crippen MR) is 78.3 cm³/mol. The maximum Gasteiger partial charge on any atom is 0.407 e. The number of alkyl carbamates (subject to hydrolysis) is 1. The maximum absolute atomic E-state index is 11.7. The minimum absolute atomic E-state index is 0.125. The molecule has 112 valence electrons. The molecule has 2 unspecified atom stereocenters. The van der Waals surface area contributed by atoms with Gasteiger partial charge in [-0.3, -0.25) is 0 Å². The Kier molecular flexibility index (Phi) is 5.25. The van der Waals surface area contributed by atoms with Crippen molar-refractivity contribution in [2.45, 2.75) is 78.5 Å². The Balaban J connectivity index is 2.31. The quantitative estimate of drug-likeness (QED) is 0.780. The van der Waals surface area contributed by atoms with Crippen molar-refractivity contribution in [1.82, 2.24) is 10.6 Å². The Morgan fingerprint density at radius 1 is 1.37 bits per heavy atom. The summed E-state index contributed by atoms with van der Waals surface area (Å²) < 4.78 is 5.28. The Morgan fingerprint density at radius 3 is 2.37 bits per heavy atom. The first kappa shape index (κ1) is 16.3. The van der Waals surface area contributed by atoms with E-state index in [-0.39, 0.29) is 12.1 Å². The van der Waals surface area contributed by atoms with Crippen LogP contribution in [0.5, 0.6) is 0 Å². The van der Waals surface area contributed by atoms with Crippen LogP contribution in [-0.2, 0) is 4.74 Å². The van der Waals surface area contributed by atoms with Crippen LogP contribution >= 0.6 is 0 Å². The van der Waals surface area contributed by atoms with Gasteiger partial charge in [-0.05, 0) is 52.4 Å². The molecule has 0 aromatic heterocycles. The van der Waals surface area contributed by atoms with Crippen molar-refractivity contribution < 1.29 is 9.53 Å². The smallest absolute Gasteiger partial charge is 0.407 e. The number of nitrogens with one attached hydrogen (secondary N) is 2. The molecule has 2 atom stereocenters. The van der Waals surface area contributed by atoms with Gasteiger partial charge in [-0.25, -0.2) is 4.79 Å². The Hall–Kier alpha value is -0.770. The standard InChI is InChI=1S/C15H30N2O2/c1-7-12(17-13(18)19-14(3,4)5)10-16-11(2)15(6)8-9-15/h11-12,16H,7-10H2,1-6H3,(H,17,18). The number of rotatable bonds is 6. The molecule has 1 saturated carbocycles. The first-order valence-electron chi connectivity index (χ1n) is 7.39. The van der Waals surface area contributed by atoms with E-state index in [4.69, 9.17) is 4.74 Å². The molecule has 0 aliphatic heterocycles. The first-order valence-corrected chi connectivity index (χ1v) is 7.39. The highest BCUT2D eigenvalue weighted by atomic mass is 16.6. The van der Waals surface area contributed by atoms with Gasteiger partial charge in [0.25, 0.3) is 0 Å². The van der Waals surface area contributed by atoms with Crippen molar-refractivity contribution >= 4 is 6.09 Å². The van der Waals surface area contributed by atoms with Crippen LogP contribution in [-0.4, -0.2) is 30.3 Å². The molecular formula is C15H30N2O2. The van der Waals surface area contributed by atoms with Crippen LogP contribution in [0.15, 0.2) is 0 Å². The molecule has 1 fully saturated rings. The highest BCUT2D eigenvalue weighted by Gasteiger charge is 2.42. The number of carbonyl (C=O) groups excluding carboxylic acids is 1. The molecule has 0 radical (unpaired) electrons. The second kappa shape index (κ2) is 6.12. The zero-order valence-corrected chi connectivity index (χ0v) is 13.3. The summed E-state index contributed by atoms with van der Waals surface area (Å²) in [6.45, 7) is 13.0. The molecule has 0 saturated heterocycles. The van der Waals surface area contributed by atoms with Gasteiger partial charge in [-0.1, -0.05) is 13.8 Å². The summed E-state index contributed by atoms with van der Waals surface area (Å²) in [4.78, 5) is 11.7. The molecule has 4 nitrogen and oxygen atoms in total. The molecule has 0 aromatic carbocycles. The monoisotopic (exact) mass is 270 g/mol. The Labute approximate surface area is 117 Å². The van der Waals surface area contributed by atoms with Gasteiger partial charge >= 0.3 is 6.09 Å². The minimum atomic E-state index is -0.440. The van der Waals surface area contributed by atoms with Crippen molar-refractivity contribution in [1.29, 1.82) is 0 Å². The van der Waals surface area contributed by atoms with Crippen LogP contribution in [0.25, 0.3) is 0 Å². The molecule has 0 spiro atoms. The van der Waals surface area contributed by atoms with E-state index in [2.05, 4.69) is 31.4 Å². The molecule has 0 bridgehead atoms. The molecule has 1 aliphatic rings. The lowest BCUT2D eigenvalue weighted by atomic mass is 10.0. The summed E-state index contributed by atoms with van der Waals surface area (Å²) in [5, 5.41) is 6.46. The maximum atomic E-state index is 11.7. The number of ether oxygens (including phenoxy) is 1. The molecular weight excluding hydrogens is 240 g/mol. The highest BCUT2D eigenvalue weighted by molar-refractivity contribution is 5.68. The van der Waals surface area contributed by atoms with Gasteiger partial charge in [0.15, 0.2) is 0 Å². The van der Waals surface area contributed by atoms with E-state index in [1.807, 2.05) is 20.8 Å². The van der Waals surface area contributed by atoms with Crippen molar-refractivity contribution in [2.24, 2.45) is 5.41 Å². The second-order valence-electron chi connectivity index (χ2n) is 7.04. The normalized spacial score (nSPS) is 20.5. The van der Waals surface area contributed by atoms with Crippen molar-refractivity contribution in [3.63, 3.8) is 0 Å². The van der Waals surface area contributed by atoms with Gasteiger partial charge in [0.2, 0.25) is 0 Å². The molecule has 0 heterocycles. The van der Waals surface area contributed by atoms with Crippen LogP contribution in [0, 0.1) is 5.41 Å². The summed E-state index contributed by atoms with van der Waals surface area (Å²) in [7, 11) is 0. The van der Waals surface area contributed by atoms with Crippen LogP contribution < -0.4 is 10.6 Å². The SMILES string of the molecule is CCC(CNC(C)C1(C)CC1)NC(=O)OC(C)(C)C. The second-order valence-corrected chi connectivity index (χ2v) is 7.04. The molecule has 19 heavy (non-hydrogen) atoms. The van der Waals surface area contributed by atoms with Crippen LogP contribution in [0.2, 0.25) is 0 Å². The van der Waals surface area contributed by atoms with Crippen LogP contribution in [0.4, 0.5) is 4.79 Å². The van der Waals surface area contributed by atoms with Gasteiger partial charge in [0.1, 0.15) is 5.60 Å². The predicted octanol–water partition coefficient (Wildman–Crippen LogP) is 3.07. The molecule has 2 N–H and O–H groups in total. The molecule has 1 aliphatic carbocycles. The van der Waals surface area contributed by atoms with Crippen molar-refractivity contribution in [3.8, 4) is 0 Å². The Bertz CT molecular complexity index is 306. The summed E-state index contributed by atoms with van der Waals surface area (Å²) in [6, 6.07) is 0.627. The number of hydrogen-bond acceptors (Lipinski definition) is 3.